The minimum absolute atomic E-state index is 0.0619. The van der Waals surface area contributed by atoms with Crippen molar-refractivity contribution in [1.82, 2.24) is 10.6 Å². The van der Waals surface area contributed by atoms with Crippen LogP contribution in [0.25, 0.3) is 0 Å². The van der Waals surface area contributed by atoms with Crippen molar-refractivity contribution in [3.8, 4) is 5.75 Å². The topological polar surface area (TPSA) is 108 Å². The van der Waals surface area contributed by atoms with E-state index in [0.29, 0.717) is 19.4 Å². The second-order valence-corrected chi connectivity index (χ2v) is 9.15. The van der Waals surface area contributed by atoms with Gasteiger partial charge in [-0.05, 0) is 41.7 Å². The molecule has 38 heavy (non-hydrogen) atoms. The fourth-order valence-corrected chi connectivity index (χ4v) is 4.11. The molecule has 0 aliphatic rings. The highest BCUT2D eigenvalue weighted by Crippen LogP contribution is 2.18. The molecule has 0 aromatic heterocycles. The van der Waals surface area contributed by atoms with E-state index >= 15 is 0 Å². The molecule has 0 heterocycles. The number of aliphatic hydroxyl groups is 2. The SMILES string of the molecule is C=CC[C@@H](CC(=O)N[C@H](CO)Cc1ccc(OCc2ccccc2)cc1)C(=O)N[C@H](CO)c1ccccc1. The van der Waals surface area contributed by atoms with Crippen molar-refractivity contribution in [1.29, 1.82) is 0 Å². The monoisotopic (exact) mass is 516 g/mol. The van der Waals surface area contributed by atoms with Gasteiger partial charge in [0, 0.05) is 6.42 Å². The van der Waals surface area contributed by atoms with E-state index in [9.17, 15) is 19.8 Å². The molecule has 0 radical (unpaired) electrons. The average molecular weight is 517 g/mol. The van der Waals surface area contributed by atoms with Gasteiger partial charge in [-0.25, -0.2) is 0 Å². The van der Waals surface area contributed by atoms with Crippen LogP contribution in [0.5, 0.6) is 5.75 Å². The van der Waals surface area contributed by atoms with E-state index in [4.69, 9.17) is 4.74 Å². The zero-order chi connectivity index (χ0) is 27.2. The van der Waals surface area contributed by atoms with Gasteiger partial charge in [-0.1, -0.05) is 78.9 Å². The van der Waals surface area contributed by atoms with Gasteiger partial charge in [-0.15, -0.1) is 6.58 Å². The number of hydrogen-bond acceptors (Lipinski definition) is 5. The minimum Gasteiger partial charge on any atom is -0.489 e. The van der Waals surface area contributed by atoms with Gasteiger partial charge >= 0.3 is 0 Å². The predicted octanol–water partition coefficient (Wildman–Crippen LogP) is 3.72. The third-order valence-electron chi connectivity index (χ3n) is 6.19. The molecule has 0 aliphatic carbocycles. The molecular weight excluding hydrogens is 480 g/mol. The predicted molar refractivity (Wildman–Crippen MR) is 147 cm³/mol. The quantitative estimate of drug-likeness (QED) is 0.230. The molecule has 0 unspecified atom stereocenters. The van der Waals surface area contributed by atoms with Crippen molar-refractivity contribution >= 4 is 11.8 Å². The van der Waals surface area contributed by atoms with Crippen molar-refractivity contribution < 1.29 is 24.5 Å². The summed E-state index contributed by atoms with van der Waals surface area (Å²) in [4.78, 5) is 25.7. The summed E-state index contributed by atoms with van der Waals surface area (Å²) < 4.78 is 5.82. The van der Waals surface area contributed by atoms with Crippen LogP contribution in [0.3, 0.4) is 0 Å². The van der Waals surface area contributed by atoms with E-state index in [-0.39, 0.29) is 31.4 Å². The Morgan fingerprint density at radius 2 is 1.50 bits per heavy atom. The zero-order valence-corrected chi connectivity index (χ0v) is 21.5. The number of carbonyl (C=O) groups is 2. The van der Waals surface area contributed by atoms with E-state index in [2.05, 4.69) is 17.2 Å². The number of carbonyl (C=O) groups excluding carboxylic acids is 2. The Labute approximate surface area is 224 Å². The standard InChI is InChI=1S/C31H36N2O5/c1-2-9-26(31(37)33-29(21-35)25-12-7-4-8-13-25)19-30(36)32-27(20-34)18-23-14-16-28(17-15-23)38-22-24-10-5-3-6-11-24/h2-8,10-17,26-27,29,34-35H,1,9,18-22H2,(H,32,36)(H,33,37)/t26-,27-,29+/m0/s1. The smallest absolute Gasteiger partial charge is 0.224 e. The van der Waals surface area contributed by atoms with Gasteiger partial charge in [0.15, 0.2) is 0 Å². The van der Waals surface area contributed by atoms with Gasteiger partial charge < -0.3 is 25.6 Å². The van der Waals surface area contributed by atoms with Gasteiger partial charge in [0.2, 0.25) is 11.8 Å². The summed E-state index contributed by atoms with van der Waals surface area (Å²) in [5, 5.41) is 25.3. The Balaban J connectivity index is 1.52. The van der Waals surface area contributed by atoms with Crippen molar-refractivity contribution in [3.05, 3.63) is 114 Å². The van der Waals surface area contributed by atoms with Gasteiger partial charge in [0.1, 0.15) is 12.4 Å². The molecule has 0 saturated carbocycles. The second-order valence-electron chi connectivity index (χ2n) is 9.15. The molecule has 7 heteroatoms. The summed E-state index contributed by atoms with van der Waals surface area (Å²) in [5.74, 6) is -0.591. The Kier molecular flexibility index (Phi) is 11.6. The zero-order valence-electron chi connectivity index (χ0n) is 21.5. The lowest BCUT2D eigenvalue weighted by Crippen LogP contribution is -2.42. The third-order valence-corrected chi connectivity index (χ3v) is 6.19. The highest BCUT2D eigenvalue weighted by molar-refractivity contribution is 5.86. The van der Waals surface area contributed by atoms with E-state index in [1.165, 1.54) is 0 Å². The number of allylic oxidation sites excluding steroid dienone is 1. The first kappa shape index (κ1) is 28.6. The Bertz CT molecular complexity index is 1140. The normalized spacial score (nSPS) is 13.1. The molecule has 3 rings (SSSR count). The molecule has 4 N–H and O–H groups in total. The molecule has 3 atom stereocenters. The van der Waals surface area contributed by atoms with E-state index in [0.717, 1.165) is 22.4 Å². The van der Waals surface area contributed by atoms with Crippen LogP contribution in [0.4, 0.5) is 0 Å². The third kappa shape index (κ3) is 9.18. The fourth-order valence-electron chi connectivity index (χ4n) is 4.11. The van der Waals surface area contributed by atoms with Crippen molar-refractivity contribution in [2.24, 2.45) is 5.92 Å². The molecule has 3 aromatic rings. The largest absolute Gasteiger partial charge is 0.489 e. The molecule has 0 bridgehead atoms. The van der Waals surface area contributed by atoms with Crippen LogP contribution in [-0.4, -0.2) is 41.3 Å². The summed E-state index contributed by atoms with van der Waals surface area (Å²) >= 11 is 0. The Morgan fingerprint density at radius 1 is 0.842 bits per heavy atom. The van der Waals surface area contributed by atoms with Crippen molar-refractivity contribution in [2.45, 2.75) is 38.0 Å². The van der Waals surface area contributed by atoms with Crippen LogP contribution in [0.15, 0.2) is 97.6 Å². The van der Waals surface area contributed by atoms with Crippen LogP contribution in [-0.2, 0) is 22.6 Å². The maximum atomic E-state index is 12.9. The first-order valence-corrected chi connectivity index (χ1v) is 12.7. The van der Waals surface area contributed by atoms with Gasteiger partial charge in [0.25, 0.3) is 0 Å². The number of amides is 2. The van der Waals surface area contributed by atoms with Crippen LogP contribution >= 0.6 is 0 Å². The highest BCUT2D eigenvalue weighted by atomic mass is 16.5. The summed E-state index contributed by atoms with van der Waals surface area (Å²) in [7, 11) is 0. The summed E-state index contributed by atoms with van der Waals surface area (Å²) in [6, 6.07) is 25.5. The maximum absolute atomic E-state index is 12.9. The van der Waals surface area contributed by atoms with E-state index in [1.807, 2.05) is 84.9 Å². The Hall–Kier alpha value is -3.94. The molecule has 0 saturated heterocycles. The highest BCUT2D eigenvalue weighted by Gasteiger charge is 2.25. The van der Waals surface area contributed by atoms with Crippen molar-refractivity contribution in [2.75, 3.05) is 13.2 Å². The first-order valence-electron chi connectivity index (χ1n) is 12.7. The lowest BCUT2D eigenvalue weighted by molar-refractivity contribution is -0.131. The number of ether oxygens (including phenoxy) is 1. The Morgan fingerprint density at radius 3 is 2.11 bits per heavy atom. The van der Waals surface area contributed by atoms with Crippen LogP contribution in [0.1, 0.15) is 35.6 Å². The number of rotatable bonds is 15. The van der Waals surface area contributed by atoms with Crippen LogP contribution < -0.4 is 15.4 Å². The molecular formula is C31H36N2O5. The first-order chi connectivity index (χ1) is 18.5. The molecule has 0 spiro atoms. The number of hydrogen-bond donors (Lipinski definition) is 4. The summed E-state index contributed by atoms with van der Waals surface area (Å²) in [5.41, 5.74) is 2.79. The lowest BCUT2D eigenvalue weighted by atomic mass is 9.98. The molecule has 200 valence electrons. The average Bonchev–Trinajstić information content (AvgIpc) is 2.95. The summed E-state index contributed by atoms with van der Waals surface area (Å²) in [6.45, 7) is 3.68. The lowest BCUT2D eigenvalue weighted by Gasteiger charge is -2.22. The number of aliphatic hydroxyl groups excluding tert-OH is 2. The second kappa shape index (κ2) is 15.3. The van der Waals surface area contributed by atoms with Gasteiger partial charge in [-0.3, -0.25) is 9.59 Å². The summed E-state index contributed by atoms with van der Waals surface area (Å²) in [6.07, 6.45) is 2.27. The van der Waals surface area contributed by atoms with Gasteiger partial charge in [0.05, 0.1) is 31.2 Å². The molecule has 3 aromatic carbocycles. The molecule has 0 aliphatic heterocycles. The van der Waals surface area contributed by atoms with Crippen LogP contribution in [0, 0.1) is 5.92 Å². The molecule has 2 amide bonds. The molecule has 7 nitrogen and oxygen atoms in total. The fraction of sp³-hybridized carbons (Fsp3) is 0.290. The maximum Gasteiger partial charge on any atom is 0.224 e. The van der Waals surface area contributed by atoms with Crippen molar-refractivity contribution in [3.63, 3.8) is 0 Å². The number of nitrogens with one attached hydrogen (secondary N) is 2. The molecule has 0 fully saturated rings. The van der Waals surface area contributed by atoms with E-state index < -0.39 is 18.0 Å². The minimum atomic E-state index is -0.648. The number of benzene rings is 3. The van der Waals surface area contributed by atoms with Gasteiger partial charge in [-0.2, -0.15) is 0 Å². The van der Waals surface area contributed by atoms with E-state index in [1.54, 1.807) is 6.08 Å². The van der Waals surface area contributed by atoms with Crippen LogP contribution in [0.2, 0.25) is 0 Å².